The number of para-hydroxylation sites is 2. The molecule has 3 aromatic rings. The van der Waals surface area contributed by atoms with E-state index in [-0.39, 0.29) is 11.7 Å². The number of rotatable bonds is 4. The summed E-state index contributed by atoms with van der Waals surface area (Å²) in [7, 11) is -3.24. The number of carbonyl (C=O) groups is 1. The minimum Gasteiger partial charge on any atom is -0.307 e. The second-order valence-corrected chi connectivity index (χ2v) is 10.3. The van der Waals surface area contributed by atoms with Gasteiger partial charge < -0.3 is 4.57 Å². The fourth-order valence-electron chi connectivity index (χ4n) is 4.72. The molecule has 7 nitrogen and oxygen atoms in total. The molecule has 31 heavy (non-hydrogen) atoms. The molecule has 1 saturated carbocycles. The molecule has 0 bridgehead atoms. The third kappa shape index (κ3) is 3.80. The van der Waals surface area contributed by atoms with E-state index < -0.39 is 10.0 Å². The molecular weight excluding hydrogens is 412 g/mol. The number of anilines is 2. The molecule has 162 valence electrons. The number of carbonyl (C=O) groups excluding carboxylic acids is 1. The highest BCUT2D eigenvalue weighted by atomic mass is 32.2. The van der Waals surface area contributed by atoms with Crippen LogP contribution in [0.3, 0.4) is 0 Å². The minimum absolute atomic E-state index is 0.173. The van der Waals surface area contributed by atoms with Gasteiger partial charge in [-0.25, -0.2) is 13.4 Å². The molecule has 0 atom stereocenters. The first-order chi connectivity index (χ1) is 15.0. The number of aromatic nitrogens is 2. The Balaban J connectivity index is 1.41. The van der Waals surface area contributed by atoms with Gasteiger partial charge in [-0.3, -0.25) is 14.4 Å². The number of nitrogens with zero attached hydrogens (tertiary/aromatic N) is 3. The van der Waals surface area contributed by atoms with E-state index >= 15 is 0 Å². The zero-order valence-corrected chi connectivity index (χ0v) is 18.1. The summed E-state index contributed by atoms with van der Waals surface area (Å²) in [5.41, 5.74) is 2.99. The Bertz CT molecular complexity index is 1210. The molecule has 1 amide bonds. The van der Waals surface area contributed by atoms with Gasteiger partial charge in [0.2, 0.25) is 16.0 Å². The second kappa shape index (κ2) is 8.00. The molecular formula is C23H26N4O3S. The van der Waals surface area contributed by atoms with Crippen LogP contribution in [0, 0.1) is 0 Å². The van der Waals surface area contributed by atoms with Crippen LogP contribution < -0.4 is 9.62 Å². The second-order valence-electron chi connectivity index (χ2n) is 8.33. The zero-order chi connectivity index (χ0) is 21.4. The van der Waals surface area contributed by atoms with Crippen molar-refractivity contribution in [2.45, 2.75) is 44.6 Å². The van der Waals surface area contributed by atoms with Gasteiger partial charge in [-0.05, 0) is 55.7 Å². The van der Waals surface area contributed by atoms with Gasteiger partial charge in [-0.15, -0.1) is 0 Å². The standard InChI is InChI=1S/C23H26N4O3S/c28-22(17-11-13-18(14-12-17)26-15-6-16-31(26,29)30)25-23-24-20-9-4-5-10-21(20)27(23)19-7-2-1-3-8-19/h4-5,9-14,19H,1-3,6-8,15-16H2,(H,24,25,28). The van der Waals surface area contributed by atoms with Crippen molar-refractivity contribution < 1.29 is 13.2 Å². The molecule has 0 spiro atoms. The van der Waals surface area contributed by atoms with E-state index in [0.717, 1.165) is 23.9 Å². The molecule has 0 unspecified atom stereocenters. The SMILES string of the molecule is O=C(Nc1nc2ccccc2n1C1CCCCC1)c1ccc(N2CCCS2(=O)=O)cc1. The lowest BCUT2D eigenvalue weighted by Crippen LogP contribution is -2.25. The van der Waals surface area contributed by atoms with Crippen LogP contribution in [0.5, 0.6) is 0 Å². The van der Waals surface area contributed by atoms with Crippen molar-refractivity contribution in [1.29, 1.82) is 0 Å². The van der Waals surface area contributed by atoms with Gasteiger partial charge >= 0.3 is 0 Å². The summed E-state index contributed by atoms with van der Waals surface area (Å²) in [6.45, 7) is 0.485. The van der Waals surface area contributed by atoms with E-state index in [1.165, 1.54) is 23.6 Å². The van der Waals surface area contributed by atoms with Crippen LogP contribution in [0.4, 0.5) is 11.6 Å². The van der Waals surface area contributed by atoms with Crippen molar-refractivity contribution in [3.8, 4) is 0 Å². The van der Waals surface area contributed by atoms with Gasteiger partial charge in [0, 0.05) is 18.2 Å². The monoisotopic (exact) mass is 438 g/mol. The molecule has 1 N–H and O–H groups in total. The van der Waals surface area contributed by atoms with E-state index in [1.54, 1.807) is 24.3 Å². The molecule has 2 heterocycles. The van der Waals surface area contributed by atoms with Gasteiger partial charge in [0.1, 0.15) is 0 Å². The minimum atomic E-state index is -3.24. The smallest absolute Gasteiger partial charge is 0.257 e. The van der Waals surface area contributed by atoms with Crippen LogP contribution in [0.15, 0.2) is 48.5 Å². The Morgan fingerprint density at radius 1 is 0.968 bits per heavy atom. The normalized spacial score (nSPS) is 19.0. The maximum Gasteiger partial charge on any atom is 0.257 e. The topological polar surface area (TPSA) is 84.3 Å². The van der Waals surface area contributed by atoms with Gasteiger partial charge in [-0.2, -0.15) is 0 Å². The molecule has 8 heteroatoms. The van der Waals surface area contributed by atoms with Crippen molar-refractivity contribution in [3.63, 3.8) is 0 Å². The quantitative estimate of drug-likeness (QED) is 0.657. The number of sulfonamides is 1. The Kier molecular flexibility index (Phi) is 5.17. The first kappa shape index (κ1) is 20.1. The molecule has 1 aliphatic heterocycles. The van der Waals surface area contributed by atoms with Crippen LogP contribution in [-0.4, -0.2) is 36.2 Å². The largest absolute Gasteiger partial charge is 0.307 e. The van der Waals surface area contributed by atoms with Crippen molar-refractivity contribution >= 4 is 38.6 Å². The van der Waals surface area contributed by atoms with Gasteiger partial charge in [-0.1, -0.05) is 31.4 Å². The van der Waals surface area contributed by atoms with E-state index in [4.69, 9.17) is 4.98 Å². The fourth-order valence-corrected chi connectivity index (χ4v) is 6.29. The Morgan fingerprint density at radius 3 is 2.42 bits per heavy atom. The molecule has 2 aromatic carbocycles. The molecule has 1 aliphatic carbocycles. The van der Waals surface area contributed by atoms with Gasteiger partial charge in [0.05, 0.1) is 22.5 Å². The van der Waals surface area contributed by atoms with Gasteiger partial charge in [0.25, 0.3) is 5.91 Å². The van der Waals surface area contributed by atoms with E-state index in [2.05, 4.69) is 16.0 Å². The Hall–Kier alpha value is -2.87. The highest BCUT2D eigenvalue weighted by Crippen LogP contribution is 2.34. The summed E-state index contributed by atoms with van der Waals surface area (Å²) in [6, 6.07) is 15.0. The van der Waals surface area contributed by atoms with Crippen LogP contribution in [-0.2, 0) is 10.0 Å². The summed E-state index contributed by atoms with van der Waals surface area (Å²) in [5, 5.41) is 3.00. The molecule has 1 saturated heterocycles. The number of hydrogen-bond acceptors (Lipinski definition) is 4. The van der Waals surface area contributed by atoms with E-state index in [0.29, 0.717) is 36.2 Å². The number of imidazole rings is 1. The predicted molar refractivity (Wildman–Crippen MR) is 122 cm³/mol. The number of amides is 1. The highest BCUT2D eigenvalue weighted by molar-refractivity contribution is 7.93. The Labute approximate surface area is 182 Å². The summed E-state index contributed by atoms with van der Waals surface area (Å²) in [5.74, 6) is 0.500. The lowest BCUT2D eigenvalue weighted by atomic mass is 9.95. The first-order valence-corrected chi connectivity index (χ1v) is 12.5. The average Bonchev–Trinajstić information content (AvgIpc) is 3.33. The summed E-state index contributed by atoms with van der Waals surface area (Å²) >= 11 is 0. The molecule has 1 aromatic heterocycles. The third-order valence-corrected chi connectivity index (χ3v) is 8.15. The third-order valence-electron chi connectivity index (χ3n) is 6.28. The number of hydrogen-bond donors (Lipinski definition) is 1. The van der Waals surface area contributed by atoms with Crippen LogP contribution in [0.2, 0.25) is 0 Å². The maximum absolute atomic E-state index is 13.0. The molecule has 2 fully saturated rings. The van der Waals surface area contributed by atoms with Crippen LogP contribution in [0.25, 0.3) is 11.0 Å². The lowest BCUT2D eigenvalue weighted by molar-refractivity contribution is 0.102. The zero-order valence-electron chi connectivity index (χ0n) is 17.3. The number of nitrogens with one attached hydrogen (secondary N) is 1. The summed E-state index contributed by atoms with van der Waals surface area (Å²) in [4.78, 5) is 17.7. The molecule has 2 aliphatic rings. The maximum atomic E-state index is 13.0. The van der Waals surface area contributed by atoms with E-state index in [1.807, 2.05) is 18.2 Å². The van der Waals surface area contributed by atoms with Crippen molar-refractivity contribution in [1.82, 2.24) is 9.55 Å². The van der Waals surface area contributed by atoms with Crippen molar-refractivity contribution in [2.24, 2.45) is 0 Å². The highest BCUT2D eigenvalue weighted by Gasteiger charge is 2.28. The fraction of sp³-hybridized carbons (Fsp3) is 0.391. The summed E-state index contributed by atoms with van der Waals surface area (Å²) in [6.07, 6.45) is 6.42. The first-order valence-electron chi connectivity index (χ1n) is 10.9. The van der Waals surface area contributed by atoms with Gasteiger partial charge in [0.15, 0.2) is 0 Å². The number of benzene rings is 2. The summed E-state index contributed by atoms with van der Waals surface area (Å²) < 4.78 is 27.9. The van der Waals surface area contributed by atoms with Crippen LogP contribution >= 0.6 is 0 Å². The van der Waals surface area contributed by atoms with Crippen LogP contribution in [0.1, 0.15) is 54.9 Å². The van der Waals surface area contributed by atoms with E-state index in [9.17, 15) is 13.2 Å². The Morgan fingerprint density at radius 2 is 1.71 bits per heavy atom. The molecule has 0 radical (unpaired) electrons. The predicted octanol–water partition coefficient (Wildman–Crippen LogP) is 4.33. The van der Waals surface area contributed by atoms with Crippen molar-refractivity contribution in [3.05, 3.63) is 54.1 Å². The molecule has 5 rings (SSSR count). The number of fused-ring (bicyclic) bond motifs is 1. The average molecular weight is 439 g/mol. The lowest BCUT2D eigenvalue weighted by Gasteiger charge is -2.25. The van der Waals surface area contributed by atoms with Crippen molar-refractivity contribution in [2.75, 3.05) is 21.9 Å².